The van der Waals surface area contributed by atoms with Gasteiger partial charge in [0.25, 0.3) is 5.91 Å². The van der Waals surface area contributed by atoms with Crippen LogP contribution in [0.25, 0.3) is 5.57 Å². The Hall–Kier alpha value is -2.54. The summed E-state index contributed by atoms with van der Waals surface area (Å²) in [7, 11) is 0. The molecule has 1 aliphatic heterocycles. The van der Waals surface area contributed by atoms with E-state index in [0.717, 1.165) is 0 Å². The Labute approximate surface area is 184 Å². The number of hydrogen-bond donors (Lipinski definition) is 3. The molecule has 6 nitrogen and oxygen atoms in total. The number of anilines is 1. The van der Waals surface area contributed by atoms with E-state index >= 15 is 0 Å². The predicted molar refractivity (Wildman–Crippen MR) is 117 cm³/mol. The molecule has 0 saturated carbocycles. The van der Waals surface area contributed by atoms with Crippen molar-refractivity contribution in [2.75, 3.05) is 5.32 Å². The van der Waals surface area contributed by atoms with Crippen LogP contribution in [0.15, 0.2) is 54.3 Å². The van der Waals surface area contributed by atoms with Crippen molar-refractivity contribution in [3.05, 3.63) is 69.9 Å². The molecule has 3 rings (SSSR count). The van der Waals surface area contributed by atoms with Crippen LogP contribution in [0, 0.1) is 5.41 Å². The fourth-order valence-corrected chi connectivity index (χ4v) is 3.60. The topological polar surface area (TPSA) is 87.7 Å². The van der Waals surface area contributed by atoms with Crippen LogP contribution in [0.3, 0.4) is 0 Å². The highest BCUT2D eigenvalue weighted by atomic mass is 35.5. The molecule has 1 heterocycles. The van der Waals surface area contributed by atoms with Gasteiger partial charge >= 0.3 is 0 Å². The zero-order valence-electron chi connectivity index (χ0n) is 16.7. The first-order valence-corrected chi connectivity index (χ1v) is 10.1. The Balaban J connectivity index is 1.89. The minimum atomic E-state index is -1.19. The first-order valence-electron chi connectivity index (χ1n) is 9.32. The van der Waals surface area contributed by atoms with Gasteiger partial charge in [-0.2, -0.15) is 0 Å². The number of carbonyl (C=O) groups excluding carboxylic acids is 2. The molecular formula is C22H22Cl2N2O4. The van der Waals surface area contributed by atoms with Gasteiger partial charge in [-0.3, -0.25) is 9.59 Å². The fraction of sp³-hybridized carbons (Fsp3) is 0.273. The van der Waals surface area contributed by atoms with Crippen LogP contribution in [0.5, 0.6) is 0 Å². The van der Waals surface area contributed by atoms with Crippen LogP contribution < -0.4 is 10.6 Å². The summed E-state index contributed by atoms with van der Waals surface area (Å²) in [6.07, 6.45) is -2.05. The van der Waals surface area contributed by atoms with E-state index < -0.39 is 29.6 Å². The van der Waals surface area contributed by atoms with E-state index in [1.165, 1.54) is 6.92 Å². The molecule has 0 radical (unpaired) electrons. The van der Waals surface area contributed by atoms with E-state index in [0.29, 0.717) is 21.3 Å². The molecule has 0 fully saturated rings. The number of rotatable bonds is 5. The Morgan fingerprint density at radius 3 is 2.33 bits per heavy atom. The molecule has 0 aliphatic carbocycles. The van der Waals surface area contributed by atoms with Gasteiger partial charge in [0, 0.05) is 15.7 Å². The molecule has 2 aromatic rings. The highest BCUT2D eigenvalue weighted by Gasteiger charge is 2.44. The number of carbonyl (C=O) groups is 2. The summed E-state index contributed by atoms with van der Waals surface area (Å²) in [5, 5.41) is 16.5. The van der Waals surface area contributed by atoms with Gasteiger partial charge in [-0.25, -0.2) is 0 Å². The van der Waals surface area contributed by atoms with E-state index in [2.05, 4.69) is 10.6 Å². The van der Waals surface area contributed by atoms with Crippen molar-refractivity contribution in [2.24, 2.45) is 5.41 Å². The van der Waals surface area contributed by atoms with Crippen LogP contribution >= 0.6 is 23.2 Å². The lowest BCUT2D eigenvalue weighted by atomic mass is 9.87. The predicted octanol–water partition coefficient (Wildman–Crippen LogP) is 4.22. The third kappa shape index (κ3) is 4.61. The zero-order valence-corrected chi connectivity index (χ0v) is 18.2. The number of nitrogens with one attached hydrogen (secondary N) is 2. The Morgan fingerprint density at radius 1 is 1.17 bits per heavy atom. The first kappa shape index (κ1) is 22.2. The molecule has 2 unspecified atom stereocenters. The normalized spacial score (nSPS) is 17.8. The molecule has 8 heteroatoms. The largest absolute Gasteiger partial charge is 0.470 e. The maximum absolute atomic E-state index is 13.0. The maximum Gasteiger partial charge on any atom is 0.258 e. The standard InChI is InChI=1S/C22H22Cl2N2O4/c1-12(27)18-17(13-7-5-4-6-8-13)19(28)26-21(30-18)22(2,3)20(29)25-16-10-14(23)9-15(24)11-16/h4-12,21,27H,1-3H3,(H,25,29)(H,26,28). The number of hydrogen-bond acceptors (Lipinski definition) is 4. The molecule has 3 N–H and O–H groups in total. The van der Waals surface area contributed by atoms with Crippen molar-refractivity contribution >= 4 is 46.3 Å². The van der Waals surface area contributed by atoms with Gasteiger partial charge in [0.05, 0.1) is 11.0 Å². The van der Waals surface area contributed by atoms with E-state index in [9.17, 15) is 14.7 Å². The van der Waals surface area contributed by atoms with E-state index in [4.69, 9.17) is 27.9 Å². The average Bonchev–Trinajstić information content (AvgIpc) is 2.67. The molecule has 2 amide bonds. The van der Waals surface area contributed by atoms with E-state index in [-0.39, 0.29) is 11.3 Å². The third-order valence-corrected chi connectivity index (χ3v) is 5.22. The second-order valence-corrected chi connectivity index (χ2v) is 8.46. The van der Waals surface area contributed by atoms with Crippen LogP contribution in [-0.2, 0) is 14.3 Å². The molecule has 2 aromatic carbocycles. The van der Waals surface area contributed by atoms with Gasteiger partial charge in [0.2, 0.25) is 5.91 Å². The Morgan fingerprint density at radius 2 is 1.77 bits per heavy atom. The van der Waals surface area contributed by atoms with Crippen molar-refractivity contribution in [3.63, 3.8) is 0 Å². The van der Waals surface area contributed by atoms with Crippen LogP contribution in [0.4, 0.5) is 5.69 Å². The van der Waals surface area contributed by atoms with E-state index in [1.54, 1.807) is 56.3 Å². The number of amides is 2. The number of benzene rings is 2. The van der Waals surface area contributed by atoms with Crippen molar-refractivity contribution < 1.29 is 19.4 Å². The van der Waals surface area contributed by atoms with Crippen LogP contribution in [0.1, 0.15) is 26.3 Å². The first-order chi connectivity index (χ1) is 14.1. The van der Waals surface area contributed by atoms with Crippen molar-refractivity contribution in [3.8, 4) is 0 Å². The quantitative estimate of drug-likeness (QED) is 0.638. The smallest absolute Gasteiger partial charge is 0.258 e. The minimum absolute atomic E-state index is 0.113. The summed E-state index contributed by atoms with van der Waals surface area (Å²) in [5.41, 5.74) is 0.0798. The third-order valence-electron chi connectivity index (χ3n) is 4.78. The molecule has 30 heavy (non-hydrogen) atoms. The van der Waals surface area contributed by atoms with Gasteiger partial charge in [-0.15, -0.1) is 0 Å². The molecule has 158 valence electrons. The summed E-state index contributed by atoms with van der Waals surface area (Å²) in [6.45, 7) is 4.77. The summed E-state index contributed by atoms with van der Waals surface area (Å²) < 4.78 is 5.94. The highest BCUT2D eigenvalue weighted by Crippen LogP contribution is 2.34. The zero-order chi connectivity index (χ0) is 22.1. The minimum Gasteiger partial charge on any atom is -0.470 e. The molecule has 0 saturated heterocycles. The van der Waals surface area contributed by atoms with Gasteiger partial charge in [0.15, 0.2) is 6.23 Å². The van der Waals surface area contributed by atoms with Gasteiger partial charge in [-0.05, 0) is 44.5 Å². The average molecular weight is 449 g/mol. The summed E-state index contributed by atoms with van der Waals surface area (Å²) >= 11 is 12.0. The maximum atomic E-state index is 13.0. The lowest BCUT2D eigenvalue weighted by molar-refractivity contribution is -0.139. The summed E-state index contributed by atoms with van der Waals surface area (Å²) in [5.74, 6) is -0.735. The lowest BCUT2D eigenvalue weighted by Gasteiger charge is -2.38. The fourth-order valence-electron chi connectivity index (χ4n) is 3.07. The second-order valence-electron chi connectivity index (χ2n) is 7.59. The molecule has 0 aromatic heterocycles. The number of aliphatic hydroxyl groups is 1. The molecule has 1 aliphatic rings. The van der Waals surface area contributed by atoms with Crippen molar-refractivity contribution in [1.29, 1.82) is 0 Å². The van der Waals surface area contributed by atoms with Gasteiger partial charge in [0.1, 0.15) is 11.9 Å². The number of halogens is 2. The summed E-state index contributed by atoms with van der Waals surface area (Å²) in [4.78, 5) is 25.9. The number of ether oxygens (including phenoxy) is 1. The molecular weight excluding hydrogens is 427 g/mol. The SMILES string of the molecule is CC(O)C1=C(c2ccccc2)C(=O)NC(C(C)(C)C(=O)Nc2cc(Cl)cc(Cl)c2)O1. The molecule has 0 bridgehead atoms. The van der Waals surface area contributed by atoms with Crippen LogP contribution in [0.2, 0.25) is 10.0 Å². The monoisotopic (exact) mass is 448 g/mol. The summed E-state index contributed by atoms with van der Waals surface area (Å²) in [6, 6.07) is 13.6. The van der Waals surface area contributed by atoms with Crippen molar-refractivity contribution in [2.45, 2.75) is 33.1 Å². The molecule has 0 spiro atoms. The second kappa shape index (κ2) is 8.68. The van der Waals surface area contributed by atoms with Gasteiger partial charge < -0.3 is 20.5 Å². The lowest BCUT2D eigenvalue weighted by Crippen LogP contribution is -2.55. The molecule has 2 atom stereocenters. The van der Waals surface area contributed by atoms with E-state index in [1.807, 2.05) is 6.07 Å². The highest BCUT2D eigenvalue weighted by molar-refractivity contribution is 6.35. The Kier molecular flexibility index (Phi) is 6.41. The number of aliphatic hydroxyl groups excluding tert-OH is 1. The van der Waals surface area contributed by atoms with Crippen LogP contribution in [-0.4, -0.2) is 29.3 Å². The van der Waals surface area contributed by atoms with Crippen molar-refractivity contribution in [1.82, 2.24) is 5.32 Å². The van der Waals surface area contributed by atoms with Gasteiger partial charge in [-0.1, -0.05) is 53.5 Å². The Bertz CT molecular complexity index is 983.